The lowest BCUT2D eigenvalue weighted by Crippen LogP contribution is -2.49. The molecule has 0 aromatic heterocycles. The molecular formula is C19H21ClN2O3. The Kier molecular flexibility index (Phi) is 6.56. The fourth-order valence-electron chi connectivity index (χ4n) is 2.54. The average molecular weight is 361 g/mol. The lowest BCUT2D eigenvalue weighted by atomic mass is 10.1. The SMILES string of the molecule is Cc1ccccc1N(C=O)C(C)C(O)C(=O)NCc1cccc(Cl)c1. The van der Waals surface area contributed by atoms with Gasteiger partial charge < -0.3 is 15.3 Å². The number of rotatable bonds is 7. The van der Waals surface area contributed by atoms with Gasteiger partial charge in [0.1, 0.15) is 0 Å². The van der Waals surface area contributed by atoms with Gasteiger partial charge in [-0.25, -0.2) is 0 Å². The maximum absolute atomic E-state index is 12.2. The number of hydrogen-bond acceptors (Lipinski definition) is 3. The van der Waals surface area contributed by atoms with E-state index in [-0.39, 0.29) is 6.54 Å². The highest BCUT2D eigenvalue weighted by molar-refractivity contribution is 6.30. The summed E-state index contributed by atoms with van der Waals surface area (Å²) in [5.41, 5.74) is 2.37. The minimum absolute atomic E-state index is 0.245. The van der Waals surface area contributed by atoms with E-state index in [4.69, 9.17) is 11.6 Å². The molecule has 2 unspecified atom stereocenters. The van der Waals surface area contributed by atoms with Crippen molar-refractivity contribution >= 4 is 29.6 Å². The summed E-state index contributed by atoms with van der Waals surface area (Å²) in [6.07, 6.45) is -0.732. The van der Waals surface area contributed by atoms with E-state index in [1.807, 2.05) is 25.1 Å². The molecule has 132 valence electrons. The summed E-state index contributed by atoms with van der Waals surface area (Å²) in [6.45, 7) is 3.74. The number of anilines is 1. The van der Waals surface area contributed by atoms with E-state index >= 15 is 0 Å². The van der Waals surface area contributed by atoms with Crippen molar-refractivity contribution in [3.05, 3.63) is 64.7 Å². The predicted molar refractivity (Wildman–Crippen MR) is 98.5 cm³/mol. The normalized spacial score (nSPS) is 13.0. The quantitative estimate of drug-likeness (QED) is 0.746. The second kappa shape index (κ2) is 8.65. The fourth-order valence-corrected chi connectivity index (χ4v) is 2.75. The summed E-state index contributed by atoms with van der Waals surface area (Å²) < 4.78 is 0. The van der Waals surface area contributed by atoms with Gasteiger partial charge in [-0.3, -0.25) is 9.59 Å². The second-order valence-corrected chi connectivity index (χ2v) is 6.27. The summed E-state index contributed by atoms with van der Waals surface area (Å²) >= 11 is 5.91. The van der Waals surface area contributed by atoms with Crippen LogP contribution in [0.25, 0.3) is 0 Å². The van der Waals surface area contributed by atoms with Crippen LogP contribution in [-0.2, 0) is 16.1 Å². The first kappa shape index (κ1) is 19.0. The Labute approximate surface area is 152 Å². The van der Waals surface area contributed by atoms with Gasteiger partial charge in [-0.2, -0.15) is 0 Å². The molecule has 2 aromatic carbocycles. The van der Waals surface area contributed by atoms with Crippen molar-refractivity contribution in [1.29, 1.82) is 0 Å². The van der Waals surface area contributed by atoms with Crippen LogP contribution in [0.2, 0.25) is 5.02 Å². The first-order valence-electron chi connectivity index (χ1n) is 7.93. The van der Waals surface area contributed by atoms with Gasteiger partial charge in [-0.15, -0.1) is 0 Å². The molecule has 0 saturated carbocycles. The zero-order valence-corrected chi connectivity index (χ0v) is 14.9. The van der Waals surface area contributed by atoms with Gasteiger partial charge in [-0.1, -0.05) is 41.9 Å². The van der Waals surface area contributed by atoms with E-state index in [2.05, 4.69) is 5.32 Å². The van der Waals surface area contributed by atoms with Crippen LogP contribution in [0.3, 0.4) is 0 Å². The summed E-state index contributed by atoms with van der Waals surface area (Å²) in [4.78, 5) is 25.1. The summed E-state index contributed by atoms with van der Waals surface area (Å²) in [6, 6.07) is 13.7. The molecule has 2 N–H and O–H groups in total. The number of para-hydroxylation sites is 1. The van der Waals surface area contributed by atoms with Crippen LogP contribution in [0.15, 0.2) is 48.5 Å². The van der Waals surface area contributed by atoms with Crippen LogP contribution in [0, 0.1) is 6.92 Å². The highest BCUT2D eigenvalue weighted by Gasteiger charge is 2.28. The number of aliphatic hydroxyl groups is 1. The van der Waals surface area contributed by atoms with Crippen LogP contribution < -0.4 is 10.2 Å². The highest BCUT2D eigenvalue weighted by Crippen LogP contribution is 2.21. The minimum atomic E-state index is -1.36. The van der Waals surface area contributed by atoms with E-state index in [0.717, 1.165) is 11.1 Å². The van der Waals surface area contributed by atoms with Gasteiger partial charge in [0.25, 0.3) is 5.91 Å². The van der Waals surface area contributed by atoms with E-state index in [0.29, 0.717) is 17.1 Å². The smallest absolute Gasteiger partial charge is 0.251 e. The van der Waals surface area contributed by atoms with Crippen molar-refractivity contribution in [3.63, 3.8) is 0 Å². The Hall–Kier alpha value is -2.37. The van der Waals surface area contributed by atoms with Crippen molar-refractivity contribution < 1.29 is 14.7 Å². The molecule has 0 aliphatic carbocycles. The van der Waals surface area contributed by atoms with E-state index in [1.54, 1.807) is 37.3 Å². The molecule has 6 heteroatoms. The Morgan fingerprint density at radius 2 is 2.00 bits per heavy atom. The monoisotopic (exact) mass is 360 g/mol. The van der Waals surface area contributed by atoms with Crippen molar-refractivity contribution in [2.45, 2.75) is 32.5 Å². The van der Waals surface area contributed by atoms with E-state index < -0.39 is 18.1 Å². The van der Waals surface area contributed by atoms with E-state index in [1.165, 1.54) is 4.90 Å². The Bertz CT molecular complexity index is 751. The third-order valence-corrected chi connectivity index (χ3v) is 4.26. The number of halogens is 1. The first-order chi connectivity index (χ1) is 11.9. The van der Waals surface area contributed by atoms with E-state index in [9.17, 15) is 14.7 Å². The maximum Gasteiger partial charge on any atom is 0.251 e. The van der Waals surface area contributed by atoms with Crippen molar-refractivity contribution in [3.8, 4) is 0 Å². The van der Waals surface area contributed by atoms with Gasteiger partial charge >= 0.3 is 0 Å². The topological polar surface area (TPSA) is 69.6 Å². The Morgan fingerprint density at radius 1 is 1.28 bits per heavy atom. The summed E-state index contributed by atoms with van der Waals surface area (Å²) in [5, 5.41) is 13.6. The number of carbonyl (C=O) groups is 2. The predicted octanol–water partition coefficient (Wildman–Crippen LogP) is 2.68. The second-order valence-electron chi connectivity index (χ2n) is 5.83. The number of amides is 2. The molecule has 0 radical (unpaired) electrons. The summed E-state index contributed by atoms with van der Waals surface area (Å²) in [5.74, 6) is -0.548. The van der Waals surface area contributed by atoms with Crippen LogP contribution in [-0.4, -0.2) is 29.6 Å². The number of aryl methyl sites for hydroxylation is 1. The molecule has 0 aliphatic rings. The molecule has 2 rings (SSSR count). The minimum Gasteiger partial charge on any atom is -0.381 e. The van der Waals surface area contributed by atoms with Gasteiger partial charge in [0.2, 0.25) is 6.41 Å². The molecule has 2 atom stereocenters. The molecule has 0 fully saturated rings. The van der Waals surface area contributed by atoms with Crippen LogP contribution in [0.5, 0.6) is 0 Å². The van der Waals surface area contributed by atoms with Crippen LogP contribution in [0.4, 0.5) is 5.69 Å². The Balaban J connectivity index is 2.04. The summed E-state index contributed by atoms with van der Waals surface area (Å²) in [7, 11) is 0. The number of nitrogens with one attached hydrogen (secondary N) is 1. The maximum atomic E-state index is 12.2. The number of aliphatic hydroxyl groups excluding tert-OH is 1. The molecular weight excluding hydrogens is 340 g/mol. The molecule has 0 heterocycles. The van der Waals surface area contributed by atoms with Crippen LogP contribution >= 0.6 is 11.6 Å². The molecule has 25 heavy (non-hydrogen) atoms. The Morgan fingerprint density at radius 3 is 2.64 bits per heavy atom. The number of carbonyl (C=O) groups excluding carboxylic acids is 2. The lowest BCUT2D eigenvalue weighted by molar-refractivity contribution is -0.130. The molecule has 0 spiro atoms. The number of nitrogens with zero attached hydrogens (tertiary/aromatic N) is 1. The average Bonchev–Trinajstić information content (AvgIpc) is 2.61. The first-order valence-corrected chi connectivity index (χ1v) is 8.31. The molecule has 2 aromatic rings. The van der Waals surface area contributed by atoms with Gasteiger partial charge in [0.15, 0.2) is 6.10 Å². The molecule has 0 saturated heterocycles. The van der Waals surface area contributed by atoms with Gasteiger partial charge in [0, 0.05) is 17.3 Å². The van der Waals surface area contributed by atoms with Crippen LogP contribution in [0.1, 0.15) is 18.1 Å². The molecule has 0 bridgehead atoms. The number of benzene rings is 2. The lowest BCUT2D eigenvalue weighted by Gasteiger charge is -2.29. The molecule has 0 aliphatic heterocycles. The van der Waals surface area contributed by atoms with Crippen molar-refractivity contribution in [2.75, 3.05) is 4.90 Å². The van der Waals surface area contributed by atoms with Crippen molar-refractivity contribution in [2.24, 2.45) is 0 Å². The zero-order chi connectivity index (χ0) is 18.4. The van der Waals surface area contributed by atoms with Crippen molar-refractivity contribution in [1.82, 2.24) is 5.32 Å². The molecule has 2 amide bonds. The third kappa shape index (κ3) is 4.81. The van der Waals surface area contributed by atoms with Gasteiger partial charge in [-0.05, 0) is 43.2 Å². The highest BCUT2D eigenvalue weighted by atomic mass is 35.5. The zero-order valence-electron chi connectivity index (χ0n) is 14.1. The molecule has 5 nitrogen and oxygen atoms in total. The largest absolute Gasteiger partial charge is 0.381 e. The number of hydrogen-bond donors (Lipinski definition) is 2. The van der Waals surface area contributed by atoms with Gasteiger partial charge in [0.05, 0.1) is 6.04 Å². The third-order valence-electron chi connectivity index (χ3n) is 4.03. The fraction of sp³-hybridized carbons (Fsp3) is 0.263. The standard InChI is InChI=1S/C19H21ClN2O3/c1-13-6-3-4-9-17(13)22(12-23)14(2)18(24)19(25)21-11-15-7-5-8-16(20)10-15/h3-10,12,14,18,24H,11H2,1-2H3,(H,21,25).